The molecule has 0 atom stereocenters. The van der Waals surface area contributed by atoms with Gasteiger partial charge in [-0.3, -0.25) is 20.2 Å². The molecule has 11 heteroatoms. The minimum absolute atomic E-state index is 0.0135. The van der Waals surface area contributed by atoms with Crippen molar-refractivity contribution in [1.29, 1.82) is 0 Å². The molecular formula is C21H23ClN4O5S. The van der Waals surface area contributed by atoms with Gasteiger partial charge < -0.3 is 19.7 Å². The molecule has 0 saturated carbocycles. The van der Waals surface area contributed by atoms with Crippen LogP contribution in [0.25, 0.3) is 0 Å². The summed E-state index contributed by atoms with van der Waals surface area (Å²) < 4.78 is 10.5. The van der Waals surface area contributed by atoms with Gasteiger partial charge in [0.25, 0.3) is 11.6 Å². The number of ether oxygens (including phenoxy) is 2. The molecule has 0 spiro atoms. The van der Waals surface area contributed by atoms with Crippen molar-refractivity contribution in [2.45, 2.75) is 19.3 Å². The van der Waals surface area contributed by atoms with Crippen LogP contribution in [0.15, 0.2) is 30.3 Å². The van der Waals surface area contributed by atoms with Crippen LogP contribution < -0.4 is 25.0 Å². The van der Waals surface area contributed by atoms with Crippen molar-refractivity contribution in [3.8, 4) is 11.5 Å². The number of anilines is 2. The van der Waals surface area contributed by atoms with Gasteiger partial charge in [0.1, 0.15) is 17.2 Å². The van der Waals surface area contributed by atoms with E-state index in [0.29, 0.717) is 27.9 Å². The van der Waals surface area contributed by atoms with Crippen LogP contribution in [0.3, 0.4) is 0 Å². The van der Waals surface area contributed by atoms with Crippen LogP contribution in [0.4, 0.5) is 17.1 Å². The molecule has 170 valence electrons. The van der Waals surface area contributed by atoms with E-state index in [2.05, 4.69) is 10.6 Å². The van der Waals surface area contributed by atoms with Gasteiger partial charge in [-0.05, 0) is 43.6 Å². The molecule has 2 aromatic rings. The van der Waals surface area contributed by atoms with Crippen LogP contribution in [0.1, 0.15) is 29.6 Å². The second-order valence-electron chi connectivity index (χ2n) is 7.10. The monoisotopic (exact) mass is 478 g/mol. The Balaban J connectivity index is 1.76. The Morgan fingerprint density at radius 3 is 2.44 bits per heavy atom. The van der Waals surface area contributed by atoms with Crippen LogP contribution in [0, 0.1) is 10.1 Å². The minimum Gasteiger partial charge on any atom is -0.495 e. The van der Waals surface area contributed by atoms with E-state index in [1.165, 1.54) is 20.3 Å². The Kier molecular flexibility index (Phi) is 7.70. The summed E-state index contributed by atoms with van der Waals surface area (Å²) in [4.78, 5) is 25.8. The lowest BCUT2D eigenvalue weighted by Gasteiger charge is -2.28. The van der Waals surface area contributed by atoms with Gasteiger partial charge in [-0.2, -0.15) is 0 Å². The largest absolute Gasteiger partial charge is 0.495 e. The number of carbonyl (C=O) groups is 1. The van der Waals surface area contributed by atoms with Crippen LogP contribution >= 0.6 is 23.8 Å². The number of methoxy groups -OCH3 is 2. The number of amides is 1. The summed E-state index contributed by atoms with van der Waals surface area (Å²) in [5.41, 5.74) is 0.972. The summed E-state index contributed by atoms with van der Waals surface area (Å²) in [6.07, 6.45) is 3.08. The van der Waals surface area contributed by atoms with Gasteiger partial charge in [0.05, 0.1) is 29.9 Å². The van der Waals surface area contributed by atoms with Crippen molar-refractivity contribution in [3.63, 3.8) is 0 Å². The molecule has 9 nitrogen and oxygen atoms in total. The quantitative estimate of drug-likeness (QED) is 0.358. The van der Waals surface area contributed by atoms with Gasteiger partial charge in [0, 0.05) is 36.9 Å². The minimum atomic E-state index is -0.573. The third-order valence-corrected chi connectivity index (χ3v) is 5.58. The topological polar surface area (TPSA) is 106 Å². The molecule has 1 aliphatic rings. The number of halogens is 1. The summed E-state index contributed by atoms with van der Waals surface area (Å²) >= 11 is 11.3. The first-order valence-corrected chi connectivity index (χ1v) is 10.7. The summed E-state index contributed by atoms with van der Waals surface area (Å²) in [6.45, 7) is 1.51. The van der Waals surface area contributed by atoms with Gasteiger partial charge in [-0.25, -0.2) is 0 Å². The standard InChI is InChI=1S/C21H23ClN4O5S/c1-30-18-12-15(19(31-2)11-14(18)22)23-21(32)24-20(27)13-6-7-16(17(10-13)26(28)29)25-8-4-3-5-9-25/h6-7,10-12H,3-5,8-9H2,1-2H3,(H2,23,24,27,32). The third kappa shape index (κ3) is 5.38. The zero-order valence-corrected chi connectivity index (χ0v) is 19.2. The Labute approximate surface area is 195 Å². The van der Waals surface area contributed by atoms with E-state index in [0.717, 1.165) is 32.4 Å². The zero-order valence-electron chi connectivity index (χ0n) is 17.6. The first kappa shape index (κ1) is 23.6. The molecule has 0 bridgehead atoms. The fraction of sp³-hybridized carbons (Fsp3) is 0.333. The molecule has 0 radical (unpaired) electrons. The van der Waals surface area contributed by atoms with E-state index in [-0.39, 0.29) is 16.4 Å². The van der Waals surface area contributed by atoms with Crippen LogP contribution in [0.2, 0.25) is 5.02 Å². The Morgan fingerprint density at radius 2 is 1.81 bits per heavy atom. The van der Waals surface area contributed by atoms with E-state index in [4.69, 9.17) is 33.3 Å². The van der Waals surface area contributed by atoms with Crippen molar-refractivity contribution in [3.05, 3.63) is 51.0 Å². The first-order valence-electron chi connectivity index (χ1n) is 9.91. The molecule has 2 N–H and O–H groups in total. The smallest absolute Gasteiger partial charge is 0.293 e. The SMILES string of the molecule is COc1cc(NC(=S)NC(=O)c2ccc(N3CCCCC3)c([N+](=O)[O-])c2)c(OC)cc1Cl. The van der Waals surface area contributed by atoms with Crippen molar-refractivity contribution >= 4 is 51.9 Å². The molecule has 1 aliphatic heterocycles. The highest BCUT2D eigenvalue weighted by molar-refractivity contribution is 7.80. The molecule has 0 unspecified atom stereocenters. The number of benzene rings is 2. The predicted molar refractivity (Wildman–Crippen MR) is 127 cm³/mol. The number of hydrogen-bond donors (Lipinski definition) is 2. The first-order chi connectivity index (χ1) is 15.3. The lowest BCUT2D eigenvalue weighted by molar-refractivity contribution is -0.384. The predicted octanol–water partition coefficient (Wildman–Crippen LogP) is 4.38. The van der Waals surface area contributed by atoms with E-state index in [9.17, 15) is 14.9 Å². The maximum absolute atomic E-state index is 12.7. The normalized spacial score (nSPS) is 13.3. The molecule has 3 rings (SSSR count). The molecular weight excluding hydrogens is 456 g/mol. The number of hydrogen-bond acceptors (Lipinski definition) is 7. The zero-order chi connectivity index (χ0) is 23.3. The fourth-order valence-electron chi connectivity index (χ4n) is 3.50. The average molecular weight is 479 g/mol. The number of nitro benzene ring substituents is 1. The molecule has 0 aromatic heterocycles. The van der Waals surface area contributed by atoms with Gasteiger partial charge in [0.2, 0.25) is 0 Å². The molecule has 1 saturated heterocycles. The van der Waals surface area contributed by atoms with Crippen LogP contribution in [-0.2, 0) is 0 Å². The lowest BCUT2D eigenvalue weighted by Crippen LogP contribution is -2.34. The number of nitrogens with zero attached hydrogens (tertiary/aromatic N) is 2. The van der Waals surface area contributed by atoms with E-state index in [1.807, 2.05) is 4.90 Å². The maximum atomic E-state index is 12.7. The van der Waals surface area contributed by atoms with Crippen molar-refractivity contribution < 1.29 is 19.2 Å². The number of thiocarbonyl (C=S) groups is 1. The second kappa shape index (κ2) is 10.5. The molecule has 1 amide bonds. The fourth-order valence-corrected chi connectivity index (χ4v) is 3.93. The van der Waals surface area contributed by atoms with Gasteiger partial charge in [-0.15, -0.1) is 0 Å². The van der Waals surface area contributed by atoms with Crippen molar-refractivity contribution in [1.82, 2.24) is 5.32 Å². The molecule has 1 fully saturated rings. The highest BCUT2D eigenvalue weighted by Gasteiger charge is 2.23. The molecule has 0 aliphatic carbocycles. The Bertz CT molecular complexity index is 1040. The van der Waals surface area contributed by atoms with E-state index >= 15 is 0 Å². The van der Waals surface area contributed by atoms with Crippen molar-refractivity contribution in [2.75, 3.05) is 37.5 Å². The Morgan fingerprint density at radius 1 is 1.12 bits per heavy atom. The lowest BCUT2D eigenvalue weighted by atomic mass is 10.1. The molecule has 2 aromatic carbocycles. The van der Waals surface area contributed by atoms with Gasteiger partial charge in [0.15, 0.2) is 5.11 Å². The Hall–Kier alpha value is -3.11. The number of carbonyl (C=O) groups excluding carboxylic acids is 1. The van der Waals surface area contributed by atoms with E-state index in [1.54, 1.807) is 24.3 Å². The number of piperidine rings is 1. The van der Waals surface area contributed by atoms with Gasteiger partial charge in [-0.1, -0.05) is 11.6 Å². The molecule has 1 heterocycles. The summed E-state index contributed by atoms with van der Waals surface area (Å²) in [6, 6.07) is 7.57. The molecule has 32 heavy (non-hydrogen) atoms. The third-order valence-electron chi connectivity index (χ3n) is 5.08. The average Bonchev–Trinajstić information content (AvgIpc) is 2.79. The van der Waals surface area contributed by atoms with Crippen molar-refractivity contribution in [2.24, 2.45) is 0 Å². The van der Waals surface area contributed by atoms with Crippen LogP contribution in [0.5, 0.6) is 11.5 Å². The van der Waals surface area contributed by atoms with Crippen LogP contribution in [-0.4, -0.2) is 43.3 Å². The summed E-state index contributed by atoms with van der Waals surface area (Å²) in [5, 5.41) is 17.4. The number of nitro groups is 1. The highest BCUT2D eigenvalue weighted by Crippen LogP contribution is 2.36. The maximum Gasteiger partial charge on any atom is 0.293 e. The summed E-state index contributed by atoms with van der Waals surface area (Å²) in [5.74, 6) is 0.220. The van der Waals surface area contributed by atoms with Gasteiger partial charge >= 0.3 is 0 Å². The number of nitrogens with one attached hydrogen (secondary N) is 2. The number of rotatable bonds is 6. The summed E-state index contributed by atoms with van der Waals surface area (Å²) in [7, 11) is 2.94. The highest BCUT2D eigenvalue weighted by atomic mass is 35.5. The second-order valence-corrected chi connectivity index (χ2v) is 7.92. The van der Waals surface area contributed by atoms with E-state index < -0.39 is 10.8 Å².